The van der Waals surface area contributed by atoms with Gasteiger partial charge in [-0.05, 0) is 47.7 Å². The zero-order chi connectivity index (χ0) is 16.2. The van der Waals surface area contributed by atoms with Crippen molar-refractivity contribution in [2.24, 2.45) is 11.8 Å². The molecule has 0 bridgehead atoms. The van der Waals surface area contributed by atoms with Gasteiger partial charge in [-0.2, -0.15) is 0 Å². The molecule has 0 atom stereocenters. The van der Waals surface area contributed by atoms with Gasteiger partial charge in [-0.15, -0.1) is 0 Å². The molecule has 5 nitrogen and oxygen atoms in total. The first-order chi connectivity index (χ1) is 9.10. The lowest BCUT2D eigenvalue weighted by Gasteiger charge is -2.28. The van der Waals surface area contributed by atoms with Gasteiger partial charge in [-0.25, -0.2) is 5.90 Å². The van der Waals surface area contributed by atoms with E-state index in [9.17, 15) is 4.79 Å². The van der Waals surface area contributed by atoms with Crippen molar-refractivity contribution >= 4 is 6.29 Å². The normalized spacial score (nSPS) is 12.1. The maximum atomic E-state index is 9.50. The van der Waals surface area contributed by atoms with Crippen LogP contribution in [-0.2, 0) is 14.4 Å². The monoisotopic (exact) mass is 290 g/mol. The number of ether oxygens (including phenoxy) is 1. The predicted octanol–water partition coefficient (Wildman–Crippen LogP) is 2.29. The van der Waals surface area contributed by atoms with Crippen molar-refractivity contribution in [1.29, 1.82) is 0 Å². The topological polar surface area (TPSA) is 73.6 Å². The number of nitrogens with two attached hydrogens (primary N) is 1. The molecule has 20 heavy (non-hydrogen) atoms. The van der Waals surface area contributed by atoms with Crippen molar-refractivity contribution in [3.8, 4) is 0 Å². The van der Waals surface area contributed by atoms with E-state index in [1.54, 1.807) is 0 Å². The van der Waals surface area contributed by atoms with Gasteiger partial charge in [0.25, 0.3) is 0 Å². The molecule has 0 aromatic heterocycles. The van der Waals surface area contributed by atoms with E-state index in [0.717, 1.165) is 25.7 Å². The van der Waals surface area contributed by atoms with Crippen molar-refractivity contribution < 1.29 is 14.4 Å². The van der Waals surface area contributed by atoms with Crippen LogP contribution in [0.2, 0.25) is 0 Å². The number of aldehydes is 1. The number of carbonyl (C=O) groups is 1. The molecule has 0 aliphatic rings. The fourth-order valence-electron chi connectivity index (χ4n) is 1.13. The molecule has 0 saturated carbocycles. The molecule has 0 saturated heterocycles. The molecule has 3 N–H and O–H groups in total. The Bertz CT molecular complexity index is 241. The molecule has 0 fully saturated rings. The van der Waals surface area contributed by atoms with E-state index in [-0.39, 0.29) is 17.1 Å². The SMILES string of the molecule is CC(C)C=O.CNCCC(C)(C)OCCC(C)(C)ON. The molecule has 122 valence electrons. The van der Waals surface area contributed by atoms with Crippen LogP contribution in [0.25, 0.3) is 0 Å². The molecule has 0 aromatic carbocycles. The van der Waals surface area contributed by atoms with Crippen LogP contribution in [-0.4, -0.2) is 37.7 Å². The zero-order valence-corrected chi connectivity index (χ0v) is 14.3. The Balaban J connectivity index is 0. The number of carbonyl (C=O) groups excluding carboxylic acids is 1. The van der Waals surface area contributed by atoms with Gasteiger partial charge in [0.1, 0.15) is 6.29 Å². The van der Waals surface area contributed by atoms with Gasteiger partial charge in [0.2, 0.25) is 0 Å². The summed E-state index contributed by atoms with van der Waals surface area (Å²) >= 11 is 0. The highest BCUT2D eigenvalue weighted by Crippen LogP contribution is 2.17. The summed E-state index contributed by atoms with van der Waals surface area (Å²) in [4.78, 5) is 14.3. The Hall–Kier alpha value is -0.490. The third-order valence-electron chi connectivity index (χ3n) is 2.77. The Labute approximate surface area is 124 Å². The average Bonchev–Trinajstić information content (AvgIpc) is 2.36. The van der Waals surface area contributed by atoms with Gasteiger partial charge < -0.3 is 14.8 Å². The molecule has 5 heteroatoms. The number of hydrogen-bond donors (Lipinski definition) is 2. The van der Waals surface area contributed by atoms with Gasteiger partial charge >= 0.3 is 0 Å². The lowest BCUT2D eigenvalue weighted by Crippen LogP contribution is -2.34. The molecule has 0 amide bonds. The van der Waals surface area contributed by atoms with E-state index in [1.807, 2.05) is 34.7 Å². The summed E-state index contributed by atoms with van der Waals surface area (Å²) in [5, 5.41) is 3.12. The van der Waals surface area contributed by atoms with E-state index >= 15 is 0 Å². The fourth-order valence-corrected chi connectivity index (χ4v) is 1.13. The maximum Gasteiger partial charge on any atom is 0.122 e. The molecular weight excluding hydrogens is 256 g/mol. The lowest BCUT2D eigenvalue weighted by atomic mass is 10.0. The van der Waals surface area contributed by atoms with Crippen LogP contribution in [0.5, 0.6) is 0 Å². The molecule has 0 aliphatic carbocycles. The Morgan fingerprint density at radius 1 is 1.15 bits per heavy atom. The standard InChI is InChI=1S/C11H26N2O2.C4H8O/c1-10(2,6-8-13-5)14-9-7-11(3,4)15-12;1-4(2)3-5/h13H,6-9,12H2,1-5H3;3-4H,1-2H3. The highest BCUT2D eigenvalue weighted by atomic mass is 16.6. The number of nitrogens with one attached hydrogen (secondary N) is 1. The van der Waals surface area contributed by atoms with Crippen molar-refractivity contribution in [3.63, 3.8) is 0 Å². The van der Waals surface area contributed by atoms with Crippen LogP contribution in [0.1, 0.15) is 54.4 Å². The first-order valence-electron chi connectivity index (χ1n) is 7.22. The predicted molar refractivity (Wildman–Crippen MR) is 83.4 cm³/mol. The van der Waals surface area contributed by atoms with E-state index in [1.165, 1.54) is 0 Å². The summed E-state index contributed by atoms with van der Waals surface area (Å²) in [6.45, 7) is 13.4. The first kappa shape index (κ1) is 21.8. The van der Waals surface area contributed by atoms with Crippen molar-refractivity contribution in [1.82, 2.24) is 5.32 Å². The summed E-state index contributed by atoms with van der Waals surface area (Å²) in [5.41, 5.74) is -0.396. The van der Waals surface area contributed by atoms with Crippen molar-refractivity contribution in [2.75, 3.05) is 20.2 Å². The van der Waals surface area contributed by atoms with Crippen LogP contribution < -0.4 is 11.2 Å². The van der Waals surface area contributed by atoms with Gasteiger partial charge in [0.05, 0.1) is 17.8 Å². The second kappa shape index (κ2) is 11.2. The molecular formula is C15H34N2O3. The number of rotatable bonds is 9. The summed E-state index contributed by atoms with van der Waals surface area (Å²) in [6, 6.07) is 0. The van der Waals surface area contributed by atoms with Crippen LogP contribution in [0, 0.1) is 5.92 Å². The van der Waals surface area contributed by atoms with Crippen LogP contribution in [0.15, 0.2) is 0 Å². The third kappa shape index (κ3) is 15.6. The molecule has 0 aromatic rings. The largest absolute Gasteiger partial charge is 0.375 e. The summed E-state index contributed by atoms with van der Waals surface area (Å²) in [7, 11) is 1.95. The Morgan fingerprint density at radius 3 is 2.00 bits per heavy atom. The minimum absolute atomic E-state index is 0.0896. The Kier molecular flexibility index (Phi) is 12.2. The van der Waals surface area contributed by atoms with Crippen molar-refractivity contribution in [3.05, 3.63) is 0 Å². The Morgan fingerprint density at radius 2 is 1.65 bits per heavy atom. The highest BCUT2D eigenvalue weighted by Gasteiger charge is 2.21. The molecule has 0 heterocycles. The molecule has 0 radical (unpaired) electrons. The van der Waals surface area contributed by atoms with Gasteiger partial charge in [0.15, 0.2) is 0 Å². The maximum absolute atomic E-state index is 9.50. The summed E-state index contributed by atoms with van der Waals surface area (Å²) < 4.78 is 5.79. The van der Waals surface area contributed by atoms with Crippen LogP contribution >= 0.6 is 0 Å². The summed E-state index contributed by atoms with van der Waals surface area (Å²) in [5.74, 6) is 5.37. The number of hydrogen-bond acceptors (Lipinski definition) is 5. The van der Waals surface area contributed by atoms with Crippen LogP contribution in [0.4, 0.5) is 0 Å². The minimum atomic E-state index is -0.306. The second-order valence-corrected chi connectivity index (χ2v) is 6.47. The quantitative estimate of drug-likeness (QED) is 0.503. The van der Waals surface area contributed by atoms with E-state index < -0.39 is 0 Å². The van der Waals surface area contributed by atoms with Gasteiger partial charge in [0, 0.05) is 12.3 Å². The molecule has 0 rings (SSSR count). The fraction of sp³-hybridized carbons (Fsp3) is 0.933. The molecule has 0 unspecified atom stereocenters. The molecule has 0 spiro atoms. The van der Waals surface area contributed by atoms with Gasteiger partial charge in [-0.3, -0.25) is 4.84 Å². The van der Waals surface area contributed by atoms with Gasteiger partial charge in [-0.1, -0.05) is 13.8 Å². The lowest BCUT2D eigenvalue weighted by molar-refractivity contribution is -0.110. The second-order valence-electron chi connectivity index (χ2n) is 6.47. The first-order valence-corrected chi connectivity index (χ1v) is 7.22. The summed E-state index contributed by atoms with van der Waals surface area (Å²) in [6.07, 6.45) is 2.71. The third-order valence-corrected chi connectivity index (χ3v) is 2.77. The zero-order valence-electron chi connectivity index (χ0n) is 14.3. The van der Waals surface area contributed by atoms with E-state index in [0.29, 0.717) is 6.61 Å². The average molecular weight is 290 g/mol. The smallest absolute Gasteiger partial charge is 0.122 e. The highest BCUT2D eigenvalue weighted by molar-refractivity contribution is 5.51. The van der Waals surface area contributed by atoms with E-state index in [4.69, 9.17) is 15.5 Å². The van der Waals surface area contributed by atoms with Crippen molar-refractivity contribution in [2.45, 2.75) is 65.6 Å². The van der Waals surface area contributed by atoms with Crippen LogP contribution in [0.3, 0.4) is 0 Å². The molecule has 0 aliphatic heterocycles. The van der Waals surface area contributed by atoms with E-state index in [2.05, 4.69) is 19.2 Å². The minimum Gasteiger partial charge on any atom is -0.375 e.